The lowest BCUT2D eigenvalue weighted by atomic mass is 10.1. The Labute approximate surface area is 117 Å². The van der Waals surface area contributed by atoms with Crippen molar-refractivity contribution in [2.75, 3.05) is 24.0 Å². The smallest absolute Gasteiger partial charge is 0.253 e. The molecule has 0 bridgehead atoms. The minimum absolute atomic E-state index is 0.158. The lowest BCUT2D eigenvalue weighted by Gasteiger charge is -2.10. The van der Waals surface area contributed by atoms with Crippen LogP contribution in [0.4, 0.5) is 5.69 Å². The Morgan fingerprint density at radius 1 is 1.44 bits per heavy atom. The highest BCUT2D eigenvalue weighted by Crippen LogP contribution is 2.19. The molecule has 1 aromatic carbocycles. The second kappa shape index (κ2) is 8.24. The van der Waals surface area contributed by atoms with Gasteiger partial charge in [-0.15, -0.1) is 0 Å². The molecule has 0 aliphatic carbocycles. The summed E-state index contributed by atoms with van der Waals surface area (Å²) in [4.78, 5) is 11.9. The van der Waals surface area contributed by atoms with E-state index in [1.54, 1.807) is 18.2 Å². The number of carbonyl (C=O) groups is 1. The fourth-order valence-corrected chi connectivity index (χ4v) is 2.16. The van der Waals surface area contributed by atoms with Crippen LogP contribution in [0, 0.1) is 0 Å². The van der Waals surface area contributed by atoms with Crippen LogP contribution in [0.3, 0.4) is 0 Å². The minimum Gasteiger partial charge on any atom is -0.352 e. The Balaban J connectivity index is 2.52. The monoisotopic (exact) mass is 287 g/mol. The molecule has 18 heavy (non-hydrogen) atoms. The van der Waals surface area contributed by atoms with Crippen molar-refractivity contribution in [1.82, 2.24) is 5.32 Å². The molecule has 6 heteroatoms. The van der Waals surface area contributed by atoms with Gasteiger partial charge in [-0.25, -0.2) is 0 Å². The third-order valence-corrected chi connectivity index (χ3v) is 3.37. The van der Waals surface area contributed by atoms with Crippen LogP contribution in [0.15, 0.2) is 18.2 Å². The number of rotatable bonds is 7. The fraction of sp³-hybridized carbons (Fsp3) is 0.417. The minimum atomic E-state index is -0.158. The summed E-state index contributed by atoms with van der Waals surface area (Å²) in [6, 6.07) is 4.98. The average Bonchev–Trinajstić information content (AvgIpc) is 2.38. The van der Waals surface area contributed by atoms with Gasteiger partial charge in [-0.05, 0) is 43.0 Å². The van der Waals surface area contributed by atoms with Gasteiger partial charge in [0.1, 0.15) is 0 Å². The number of amides is 1. The summed E-state index contributed by atoms with van der Waals surface area (Å²) in [5, 5.41) is 3.37. The second-order valence-electron chi connectivity index (χ2n) is 3.79. The van der Waals surface area contributed by atoms with Crippen molar-refractivity contribution in [3.63, 3.8) is 0 Å². The van der Waals surface area contributed by atoms with Gasteiger partial charge in [0, 0.05) is 11.6 Å². The summed E-state index contributed by atoms with van der Waals surface area (Å²) in [7, 11) is 0. The Kier molecular flexibility index (Phi) is 6.93. The molecule has 1 amide bonds. The molecule has 1 rings (SSSR count). The van der Waals surface area contributed by atoms with E-state index in [-0.39, 0.29) is 5.91 Å². The topological polar surface area (TPSA) is 67.2 Å². The van der Waals surface area contributed by atoms with Crippen molar-refractivity contribution in [2.45, 2.75) is 12.8 Å². The quantitative estimate of drug-likeness (QED) is 0.409. The van der Waals surface area contributed by atoms with Gasteiger partial charge in [0.25, 0.3) is 5.91 Å². The Morgan fingerprint density at radius 2 is 2.22 bits per heavy atom. The molecular weight excluding hydrogens is 270 g/mol. The van der Waals surface area contributed by atoms with E-state index < -0.39 is 0 Å². The van der Waals surface area contributed by atoms with Crippen LogP contribution >= 0.6 is 23.4 Å². The zero-order valence-electron chi connectivity index (χ0n) is 10.3. The number of hydrogen-bond acceptors (Lipinski definition) is 4. The molecule has 0 heterocycles. The van der Waals surface area contributed by atoms with Gasteiger partial charge < -0.3 is 10.7 Å². The number of unbranched alkanes of at least 4 members (excludes halogenated alkanes) is 1. The summed E-state index contributed by atoms with van der Waals surface area (Å²) in [6.07, 6.45) is 4.14. The lowest BCUT2D eigenvalue weighted by molar-refractivity contribution is 0.0954. The molecule has 0 saturated heterocycles. The van der Waals surface area contributed by atoms with Gasteiger partial charge in [-0.2, -0.15) is 11.8 Å². The molecule has 100 valence electrons. The van der Waals surface area contributed by atoms with Gasteiger partial charge in [-0.3, -0.25) is 10.6 Å². The largest absolute Gasteiger partial charge is 0.352 e. The van der Waals surface area contributed by atoms with Crippen LogP contribution in [-0.4, -0.2) is 24.5 Å². The zero-order valence-corrected chi connectivity index (χ0v) is 11.9. The highest BCUT2D eigenvalue weighted by atomic mass is 35.5. The van der Waals surface area contributed by atoms with Crippen LogP contribution < -0.4 is 16.6 Å². The Bertz CT molecular complexity index is 401. The number of hydrazine groups is 1. The number of halogens is 1. The lowest BCUT2D eigenvalue weighted by Crippen LogP contribution is -2.26. The summed E-state index contributed by atoms with van der Waals surface area (Å²) in [5.74, 6) is 6.31. The summed E-state index contributed by atoms with van der Waals surface area (Å²) < 4.78 is 0. The van der Waals surface area contributed by atoms with Crippen molar-refractivity contribution >= 4 is 35.0 Å². The summed E-state index contributed by atoms with van der Waals surface area (Å²) in [5.41, 5.74) is 3.53. The van der Waals surface area contributed by atoms with E-state index in [9.17, 15) is 4.79 Å². The first-order valence-corrected chi connectivity index (χ1v) is 7.49. The van der Waals surface area contributed by atoms with Crippen molar-refractivity contribution in [1.29, 1.82) is 0 Å². The van der Waals surface area contributed by atoms with Gasteiger partial charge in [0.05, 0.1) is 11.3 Å². The van der Waals surface area contributed by atoms with Crippen LogP contribution in [0.2, 0.25) is 5.02 Å². The molecule has 0 atom stereocenters. The van der Waals surface area contributed by atoms with E-state index in [0.29, 0.717) is 22.8 Å². The number of anilines is 1. The molecule has 4 N–H and O–H groups in total. The molecule has 0 fully saturated rings. The normalized spacial score (nSPS) is 10.2. The predicted octanol–water partition coefficient (Wildman–Crippen LogP) is 2.50. The maximum absolute atomic E-state index is 11.9. The number of nitrogen functional groups attached to an aromatic ring is 1. The third kappa shape index (κ3) is 4.76. The van der Waals surface area contributed by atoms with Crippen LogP contribution in [0.5, 0.6) is 0 Å². The summed E-state index contributed by atoms with van der Waals surface area (Å²) >= 11 is 7.68. The first-order chi connectivity index (χ1) is 8.69. The Hall–Kier alpha value is -0.910. The zero-order chi connectivity index (χ0) is 13.4. The molecule has 0 unspecified atom stereocenters. The van der Waals surface area contributed by atoms with Crippen LogP contribution in [-0.2, 0) is 0 Å². The van der Waals surface area contributed by atoms with Gasteiger partial charge in [0.2, 0.25) is 0 Å². The maximum atomic E-state index is 11.9. The van der Waals surface area contributed by atoms with E-state index in [1.165, 1.54) is 0 Å². The highest BCUT2D eigenvalue weighted by Gasteiger charge is 2.10. The van der Waals surface area contributed by atoms with Crippen molar-refractivity contribution in [3.05, 3.63) is 28.8 Å². The van der Waals surface area contributed by atoms with Gasteiger partial charge >= 0.3 is 0 Å². The number of nitrogens with one attached hydrogen (secondary N) is 2. The molecule has 0 aliphatic heterocycles. The van der Waals surface area contributed by atoms with Crippen LogP contribution in [0.25, 0.3) is 0 Å². The first-order valence-electron chi connectivity index (χ1n) is 5.72. The summed E-state index contributed by atoms with van der Waals surface area (Å²) in [6.45, 7) is 0.663. The van der Waals surface area contributed by atoms with Gasteiger partial charge in [-0.1, -0.05) is 11.6 Å². The molecule has 0 aliphatic rings. The molecule has 1 aromatic rings. The predicted molar refractivity (Wildman–Crippen MR) is 79.2 cm³/mol. The molecule has 0 radical (unpaired) electrons. The SMILES string of the molecule is CSCCCCNC(=O)c1cc(Cl)ccc1NN. The van der Waals surface area contributed by atoms with E-state index in [2.05, 4.69) is 17.0 Å². The number of carbonyl (C=O) groups excluding carboxylic acids is 1. The van der Waals surface area contributed by atoms with Crippen LogP contribution in [0.1, 0.15) is 23.2 Å². The molecule has 4 nitrogen and oxygen atoms in total. The van der Waals surface area contributed by atoms with E-state index in [0.717, 1.165) is 18.6 Å². The molecule has 0 spiro atoms. The van der Waals surface area contributed by atoms with E-state index in [1.807, 2.05) is 11.8 Å². The standard InChI is InChI=1S/C12H18ClN3OS/c1-18-7-3-2-6-15-12(17)10-8-9(13)4-5-11(10)16-14/h4-5,8,16H,2-3,6-7,14H2,1H3,(H,15,17). The van der Waals surface area contributed by atoms with Gasteiger partial charge in [0.15, 0.2) is 0 Å². The van der Waals surface area contributed by atoms with Crippen molar-refractivity contribution in [3.8, 4) is 0 Å². The van der Waals surface area contributed by atoms with E-state index >= 15 is 0 Å². The number of thioether (sulfide) groups is 1. The third-order valence-electron chi connectivity index (χ3n) is 2.44. The number of hydrogen-bond donors (Lipinski definition) is 3. The maximum Gasteiger partial charge on any atom is 0.253 e. The van der Waals surface area contributed by atoms with E-state index in [4.69, 9.17) is 17.4 Å². The molecule has 0 saturated carbocycles. The highest BCUT2D eigenvalue weighted by molar-refractivity contribution is 7.98. The Morgan fingerprint density at radius 3 is 2.89 bits per heavy atom. The number of benzene rings is 1. The molecular formula is C12H18ClN3OS. The number of nitrogens with two attached hydrogens (primary N) is 1. The fourth-order valence-electron chi connectivity index (χ4n) is 1.50. The first kappa shape index (κ1) is 15.1. The van der Waals surface area contributed by atoms with Crippen molar-refractivity contribution < 1.29 is 4.79 Å². The second-order valence-corrected chi connectivity index (χ2v) is 5.21. The van der Waals surface area contributed by atoms with Crippen molar-refractivity contribution in [2.24, 2.45) is 5.84 Å². The average molecular weight is 288 g/mol. The molecule has 0 aromatic heterocycles.